The number of para-hydroxylation sites is 2. The average molecular weight is 743 g/mol. The Morgan fingerprint density at radius 1 is 0.281 bits per heavy atom. The van der Waals surface area contributed by atoms with Crippen LogP contribution >= 0.6 is 11.3 Å². The summed E-state index contributed by atoms with van der Waals surface area (Å²) in [5.41, 5.74) is 14.4. The maximum Gasteiger partial charge on any atom is 0.0553 e. The highest BCUT2D eigenvalue weighted by atomic mass is 32.1. The molecule has 0 atom stereocenters. The molecule has 0 amide bonds. The van der Waals surface area contributed by atoms with Gasteiger partial charge >= 0.3 is 0 Å². The molecule has 266 valence electrons. The topological polar surface area (TPSA) is 9.86 Å². The number of aromatic nitrogens is 2. The van der Waals surface area contributed by atoms with E-state index in [9.17, 15) is 0 Å². The molecule has 0 aliphatic carbocycles. The molecule has 3 heteroatoms. The molecule has 0 N–H and O–H groups in total. The van der Waals surface area contributed by atoms with Crippen LogP contribution in [-0.4, -0.2) is 9.13 Å². The van der Waals surface area contributed by atoms with Gasteiger partial charge < -0.3 is 9.13 Å². The van der Waals surface area contributed by atoms with E-state index in [-0.39, 0.29) is 0 Å². The first kappa shape index (κ1) is 32.1. The van der Waals surface area contributed by atoms with Crippen LogP contribution < -0.4 is 0 Å². The minimum absolute atomic E-state index is 1.15. The van der Waals surface area contributed by atoms with Crippen LogP contribution in [0.25, 0.3) is 109 Å². The summed E-state index contributed by atoms with van der Waals surface area (Å²) < 4.78 is 7.53. The normalized spacial score (nSPS) is 11.9. The zero-order valence-corrected chi connectivity index (χ0v) is 31.7. The van der Waals surface area contributed by atoms with E-state index in [2.05, 4.69) is 215 Å². The molecule has 3 heterocycles. The molecule has 0 saturated carbocycles. The van der Waals surface area contributed by atoms with Gasteiger partial charge in [-0.1, -0.05) is 127 Å². The summed E-state index contributed by atoms with van der Waals surface area (Å²) in [6.45, 7) is 0. The molecule has 0 aliphatic rings. The van der Waals surface area contributed by atoms with E-state index < -0.39 is 0 Å². The summed E-state index contributed by atoms with van der Waals surface area (Å²) in [6.07, 6.45) is 0. The quantitative estimate of drug-likeness (QED) is 0.166. The zero-order valence-electron chi connectivity index (χ0n) is 30.9. The maximum absolute atomic E-state index is 2.44. The molecule has 12 rings (SSSR count). The number of benzene rings is 9. The third-order valence-corrected chi connectivity index (χ3v) is 12.8. The van der Waals surface area contributed by atoms with Crippen molar-refractivity contribution in [3.8, 4) is 44.8 Å². The fraction of sp³-hybridized carbons (Fsp3) is 0. The fourth-order valence-corrected chi connectivity index (χ4v) is 10.2. The Morgan fingerprint density at radius 2 is 0.860 bits per heavy atom. The standard InChI is InChI=1S/C54H34N2S/c1-4-14-35(15-5-1)39-32-44(36-16-6-2-7-17-36)54-47-31-38(25-28-50(47)55(51(54)33-39)40-18-8-3-9-19-40)37-24-27-49-45(30-37)42-20-10-12-22-48(42)56(49)41-26-29-53-46(34-41)43-21-11-13-23-52(43)57-53/h1-34H. The first-order chi connectivity index (χ1) is 28.3. The first-order valence-corrected chi connectivity index (χ1v) is 20.3. The average Bonchev–Trinajstić information content (AvgIpc) is 3.94. The largest absolute Gasteiger partial charge is 0.309 e. The van der Waals surface area contributed by atoms with Crippen molar-refractivity contribution in [2.24, 2.45) is 0 Å². The van der Waals surface area contributed by atoms with Crippen molar-refractivity contribution in [2.75, 3.05) is 0 Å². The van der Waals surface area contributed by atoms with Gasteiger partial charge in [0.1, 0.15) is 0 Å². The Hall–Kier alpha value is -7.20. The van der Waals surface area contributed by atoms with Crippen molar-refractivity contribution in [3.05, 3.63) is 206 Å². The molecule has 0 unspecified atom stereocenters. The summed E-state index contributed by atoms with van der Waals surface area (Å²) in [5, 5.41) is 7.63. The molecule has 0 spiro atoms. The van der Waals surface area contributed by atoms with Gasteiger partial charge in [0.15, 0.2) is 0 Å². The van der Waals surface area contributed by atoms with Crippen LogP contribution in [0, 0.1) is 0 Å². The van der Waals surface area contributed by atoms with E-state index >= 15 is 0 Å². The third-order valence-electron chi connectivity index (χ3n) is 11.7. The lowest BCUT2D eigenvalue weighted by molar-refractivity contribution is 1.18. The molecule has 9 aromatic carbocycles. The van der Waals surface area contributed by atoms with E-state index in [1.54, 1.807) is 0 Å². The Bertz CT molecular complexity index is 3500. The molecule has 57 heavy (non-hydrogen) atoms. The Morgan fingerprint density at radius 3 is 1.63 bits per heavy atom. The highest BCUT2D eigenvalue weighted by Gasteiger charge is 2.20. The summed E-state index contributed by atoms with van der Waals surface area (Å²) >= 11 is 1.86. The first-order valence-electron chi connectivity index (χ1n) is 19.5. The van der Waals surface area contributed by atoms with E-state index in [0.717, 1.165) is 5.69 Å². The van der Waals surface area contributed by atoms with Crippen LogP contribution in [0.5, 0.6) is 0 Å². The van der Waals surface area contributed by atoms with Crippen LogP contribution in [-0.2, 0) is 0 Å². The second kappa shape index (κ2) is 12.7. The third kappa shape index (κ3) is 5.03. The van der Waals surface area contributed by atoms with Crippen LogP contribution in [0.15, 0.2) is 206 Å². The van der Waals surface area contributed by atoms with E-state index in [0.29, 0.717) is 0 Å². The van der Waals surface area contributed by atoms with Crippen molar-refractivity contribution < 1.29 is 0 Å². The predicted octanol–water partition coefficient (Wildman–Crippen LogP) is 15.2. The molecule has 0 bridgehead atoms. The lowest BCUT2D eigenvalue weighted by Crippen LogP contribution is -1.94. The van der Waals surface area contributed by atoms with E-state index in [4.69, 9.17) is 0 Å². The summed E-state index contributed by atoms with van der Waals surface area (Å²) in [4.78, 5) is 0. The molecule has 2 nitrogen and oxygen atoms in total. The Balaban J connectivity index is 1.09. The van der Waals surface area contributed by atoms with Gasteiger partial charge in [0, 0.05) is 53.1 Å². The van der Waals surface area contributed by atoms with Crippen molar-refractivity contribution in [2.45, 2.75) is 0 Å². The van der Waals surface area contributed by atoms with Crippen LogP contribution in [0.4, 0.5) is 0 Å². The molecule has 12 aromatic rings. The van der Waals surface area contributed by atoms with Crippen molar-refractivity contribution in [1.82, 2.24) is 9.13 Å². The summed E-state index contributed by atoms with van der Waals surface area (Å²) in [7, 11) is 0. The monoisotopic (exact) mass is 742 g/mol. The predicted molar refractivity (Wildman–Crippen MR) is 244 cm³/mol. The smallest absolute Gasteiger partial charge is 0.0553 e. The number of hydrogen-bond acceptors (Lipinski definition) is 1. The fourth-order valence-electron chi connectivity index (χ4n) is 9.11. The van der Waals surface area contributed by atoms with Crippen molar-refractivity contribution in [1.29, 1.82) is 0 Å². The maximum atomic E-state index is 2.44. The molecule has 3 aromatic heterocycles. The molecule has 0 fully saturated rings. The Labute approximate surface area is 333 Å². The molecule has 0 saturated heterocycles. The van der Waals surface area contributed by atoms with E-state index in [1.807, 2.05) is 11.3 Å². The molecular weight excluding hydrogens is 709 g/mol. The van der Waals surface area contributed by atoms with Crippen LogP contribution in [0.3, 0.4) is 0 Å². The number of rotatable bonds is 5. The lowest BCUT2D eigenvalue weighted by atomic mass is 9.93. The van der Waals surface area contributed by atoms with Crippen LogP contribution in [0.1, 0.15) is 0 Å². The van der Waals surface area contributed by atoms with Gasteiger partial charge in [0.25, 0.3) is 0 Å². The van der Waals surface area contributed by atoms with Gasteiger partial charge in [0.2, 0.25) is 0 Å². The summed E-state index contributed by atoms with van der Waals surface area (Å²) in [5.74, 6) is 0. The molecular formula is C54H34N2S. The van der Waals surface area contributed by atoms with Crippen molar-refractivity contribution >= 4 is 75.1 Å². The highest BCUT2D eigenvalue weighted by Crippen LogP contribution is 2.44. The second-order valence-corrected chi connectivity index (χ2v) is 16.0. The SMILES string of the molecule is c1ccc(-c2cc(-c3ccccc3)c3c4cc(-c5ccc6c(c5)c5ccccc5n6-c5ccc6sc7ccccc7c6c5)ccc4n(-c4ccccc4)c3c2)cc1. The molecule has 0 aliphatic heterocycles. The van der Waals surface area contributed by atoms with Gasteiger partial charge in [0.05, 0.1) is 22.1 Å². The number of nitrogens with zero attached hydrogens (tertiary/aromatic N) is 2. The number of thiophene rings is 1. The zero-order chi connectivity index (χ0) is 37.5. The van der Waals surface area contributed by atoms with Gasteiger partial charge in [-0.05, 0) is 112 Å². The van der Waals surface area contributed by atoms with Crippen molar-refractivity contribution in [3.63, 3.8) is 0 Å². The highest BCUT2D eigenvalue weighted by molar-refractivity contribution is 7.25. The number of fused-ring (bicyclic) bond motifs is 9. The minimum atomic E-state index is 1.15. The van der Waals surface area contributed by atoms with Crippen LogP contribution in [0.2, 0.25) is 0 Å². The van der Waals surface area contributed by atoms with Gasteiger partial charge in [-0.25, -0.2) is 0 Å². The van der Waals surface area contributed by atoms with Gasteiger partial charge in [-0.2, -0.15) is 0 Å². The van der Waals surface area contributed by atoms with Gasteiger partial charge in [-0.3, -0.25) is 0 Å². The second-order valence-electron chi connectivity index (χ2n) is 14.9. The minimum Gasteiger partial charge on any atom is -0.309 e. The molecule has 0 radical (unpaired) electrons. The van der Waals surface area contributed by atoms with Gasteiger partial charge in [-0.15, -0.1) is 11.3 Å². The van der Waals surface area contributed by atoms with E-state index in [1.165, 1.54) is 103 Å². The Kier molecular flexibility index (Phi) is 7.13. The number of hydrogen-bond donors (Lipinski definition) is 0. The lowest BCUT2D eigenvalue weighted by Gasteiger charge is -2.12. The summed E-state index contributed by atoms with van der Waals surface area (Å²) in [6, 6.07) is 75.7.